The molecule has 0 heterocycles. The fourth-order valence-electron chi connectivity index (χ4n) is 12.0. The Balaban J connectivity index is 0.000000334. The van der Waals surface area contributed by atoms with E-state index in [1.807, 2.05) is 58.1 Å². The molecule has 4 aromatic carbocycles. The molecular weight excluding hydrogens is 943 g/mol. The Morgan fingerprint density at radius 1 is 0.872 bits per heavy atom. The molecule has 7 rings (SSSR count). The quantitative estimate of drug-likeness (QED) is 0.0492. The second kappa shape index (κ2) is 30.2. The molecule has 2 heteroatoms. The highest BCUT2D eigenvalue weighted by molar-refractivity contribution is 5.79. The third-order valence-corrected chi connectivity index (χ3v) is 15.9. The first-order valence-corrected chi connectivity index (χ1v) is 28.6. The minimum Gasteiger partial charge on any atom is -0.463 e. The van der Waals surface area contributed by atoms with Crippen molar-refractivity contribution in [2.24, 2.45) is 22.7 Å². The summed E-state index contributed by atoms with van der Waals surface area (Å²) in [6.07, 6.45) is 40.2. The Bertz CT molecular complexity index is 3010. The number of hydrogen-bond acceptors (Lipinski definition) is 2. The summed E-state index contributed by atoms with van der Waals surface area (Å²) in [4.78, 5) is 0. The predicted octanol–water partition coefficient (Wildman–Crippen LogP) is 22.0. The smallest absolute Gasteiger partial charge is 0.148 e. The van der Waals surface area contributed by atoms with Gasteiger partial charge in [0.05, 0.1) is 12.0 Å². The summed E-state index contributed by atoms with van der Waals surface area (Å²) in [6, 6.07) is 33.7. The Hall–Kier alpha value is -7.08. The fraction of sp³-hybridized carbons (Fsp3) is 0.342. The summed E-state index contributed by atoms with van der Waals surface area (Å²) in [5.74, 6) is 4.72. The molecular formula is C76H95NO. The normalized spacial score (nSPS) is 20.3. The van der Waals surface area contributed by atoms with Gasteiger partial charge in [-0.2, -0.15) is 0 Å². The largest absolute Gasteiger partial charge is 0.463 e. The number of fused-ring (bicyclic) bond motifs is 7. The van der Waals surface area contributed by atoms with Crippen LogP contribution in [0.25, 0.3) is 22.8 Å². The van der Waals surface area contributed by atoms with Crippen molar-refractivity contribution < 1.29 is 4.74 Å². The zero-order valence-corrected chi connectivity index (χ0v) is 50.6. The first-order chi connectivity index (χ1) is 37.4. The van der Waals surface area contributed by atoms with Crippen LogP contribution in [0.1, 0.15) is 168 Å². The van der Waals surface area contributed by atoms with Crippen molar-refractivity contribution in [2.45, 2.75) is 147 Å². The van der Waals surface area contributed by atoms with Crippen molar-refractivity contribution in [1.82, 2.24) is 0 Å². The molecule has 4 aromatic rings. The lowest BCUT2D eigenvalue weighted by molar-refractivity contribution is 0.155. The van der Waals surface area contributed by atoms with Crippen LogP contribution < -0.4 is 5.32 Å². The monoisotopic (exact) mass is 1040 g/mol. The molecule has 0 aromatic heterocycles. The van der Waals surface area contributed by atoms with Gasteiger partial charge in [0, 0.05) is 22.9 Å². The Morgan fingerprint density at radius 2 is 1.50 bits per heavy atom. The SMILES string of the molecule is C#CC.C/C=C\C=C/OC(/C(=C\C)C(C)C)=C(/C)Nc1ccc(/C=C2\CC(C)(C)C3c4ccccc4-c4ccccc4C23)c(CC)c1.C=CCC(C)(C)C(C)C1(C/C=C(C=C)/C=C\C)/C=C\C=C/C(=C)c2ccccc21.CC. The maximum atomic E-state index is 6.19. The average molecular weight is 1040 g/mol. The van der Waals surface area contributed by atoms with Gasteiger partial charge in [-0.15, -0.1) is 18.9 Å². The van der Waals surface area contributed by atoms with Gasteiger partial charge in [-0.05, 0) is 162 Å². The van der Waals surface area contributed by atoms with E-state index in [1.54, 1.807) is 18.8 Å². The second-order valence-electron chi connectivity index (χ2n) is 22.2. The number of terminal acetylenes is 1. The summed E-state index contributed by atoms with van der Waals surface area (Å²) in [6.45, 7) is 44.9. The van der Waals surface area contributed by atoms with E-state index in [9.17, 15) is 0 Å². The van der Waals surface area contributed by atoms with Crippen molar-refractivity contribution in [3.8, 4) is 23.5 Å². The van der Waals surface area contributed by atoms with E-state index in [2.05, 4.69) is 252 Å². The number of hydrogen-bond donors (Lipinski definition) is 1. The first kappa shape index (κ1) is 63.5. The lowest BCUT2D eigenvalue weighted by Gasteiger charge is -2.46. The predicted molar refractivity (Wildman–Crippen MR) is 346 cm³/mol. The van der Waals surface area contributed by atoms with Gasteiger partial charge in [0.15, 0.2) is 0 Å². The van der Waals surface area contributed by atoms with Crippen LogP contribution in [-0.4, -0.2) is 0 Å². The zero-order valence-electron chi connectivity index (χ0n) is 50.6. The van der Waals surface area contributed by atoms with Crippen molar-refractivity contribution >= 4 is 17.3 Å². The van der Waals surface area contributed by atoms with E-state index in [1.165, 1.54) is 50.1 Å². The molecule has 0 radical (unpaired) electrons. The minimum absolute atomic E-state index is 0.0895. The van der Waals surface area contributed by atoms with Crippen molar-refractivity contribution in [2.75, 3.05) is 5.32 Å². The molecule has 0 spiro atoms. The van der Waals surface area contributed by atoms with Crippen LogP contribution in [0.3, 0.4) is 0 Å². The lowest BCUT2D eigenvalue weighted by atomic mass is 9.57. The topological polar surface area (TPSA) is 21.3 Å². The maximum Gasteiger partial charge on any atom is 0.148 e. The fourth-order valence-corrected chi connectivity index (χ4v) is 12.0. The number of allylic oxidation sites excluding steroid dienone is 18. The van der Waals surface area contributed by atoms with Crippen LogP contribution in [0.5, 0.6) is 0 Å². The molecule has 4 unspecified atom stereocenters. The molecule has 0 amide bonds. The van der Waals surface area contributed by atoms with Crippen LogP contribution in [0.4, 0.5) is 5.69 Å². The van der Waals surface area contributed by atoms with Gasteiger partial charge < -0.3 is 10.1 Å². The van der Waals surface area contributed by atoms with Crippen molar-refractivity contribution in [3.63, 3.8) is 0 Å². The molecule has 0 saturated heterocycles. The second-order valence-corrected chi connectivity index (χ2v) is 22.2. The van der Waals surface area contributed by atoms with Crippen LogP contribution in [0.15, 0.2) is 224 Å². The summed E-state index contributed by atoms with van der Waals surface area (Å²) in [5, 5.41) is 3.67. The van der Waals surface area contributed by atoms with Crippen molar-refractivity contribution in [3.05, 3.63) is 258 Å². The van der Waals surface area contributed by atoms with E-state index < -0.39 is 0 Å². The van der Waals surface area contributed by atoms with Gasteiger partial charge in [-0.3, -0.25) is 0 Å². The van der Waals surface area contributed by atoms with Gasteiger partial charge in [0.1, 0.15) is 5.76 Å². The maximum absolute atomic E-state index is 6.19. The molecule has 3 aliphatic carbocycles. The van der Waals surface area contributed by atoms with Gasteiger partial charge in [0.2, 0.25) is 0 Å². The number of nitrogens with one attached hydrogen (secondary N) is 1. The molecule has 3 aliphatic rings. The summed E-state index contributed by atoms with van der Waals surface area (Å²) >= 11 is 0. The molecule has 1 saturated carbocycles. The van der Waals surface area contributed by atoms with Crippen LogP contribution in [0, 0.1) is 35.0 Å². The van der Waals surface area contributed by atoms with Gasteiger partial charge in [-0.1, -0.05) is 246 Å². The highest BCUT2D eigenvalue weighted by Gasteiger charge is 2.50. The molecule has 2 nitrogen and oxygen atoms in total. The van der Waals surface area contributed by atoms with Crippen molar-refractivity contribution in [1.29, 1.82) is 0 Å². The van der Waals surface area contributed by atoms with Gasteiger partial charge in [0.25, 0.3) is 0 Å². The number of ether oxygens (including phenoxy) is 1. The highest BCUT2D eigenvalue weighted by Crippen LogP contribution is 2.64. The Kier molecular flexibility index (Phi) is 24.5. The van der Waals surface area contributed by atoms with Crippen LogP contribution >= 0.6 is 0 Å². The number of benzene rings is 4. The Morgan fingerprint density at radius 3 is 2.10 bits per heavy atom. The standard InChI is InChI=1S/C42H49NO.C29H36.C3H4.C2H6/c1-9-12-17-24-44-41(34(11-3)28(4)5)29(6)43-33-23-22-31(30(10-2)26-33)25-32-27-42(7,8)40-38-21-16-14-19-36(38)35-18-13-15-20-37(35)39(32)40;1-8-15-25(10-3)19-22-29(24(5)28(6,7)20-9-2)21-14-13-16-23(4)26-17-11-12-18-27(26)29;1-3-2;1-2/h9,11-26,28,39-40,43H,10,27H2,1-8H3;8-19,21,24H,2-4,20,22H2,1,5-7H3;1H,2H3;1-2H3/b12-9-,24-17-,32-25+,34-11-,41-29-;15-8-,16-13-,21-14-,25-19+;;. The van der Waals surface area contributed by atoms with Gasteiger partial charge in [-0.25, -0.2) is 0 Å². The molecule has 0 aliphatic heterocycles. The third kappa shape index (κ3) is 15.1. The van der Waals surface area contributed by atoms with E-state index in [4.69, 9.17) is 4.74 Å². The van der Waals surface area contributed by atoms with E-state index in [-0.39, 0.29) is 16.2 Å². The van der Waals surface area contributed by atoms with E-state index >= 15 is 0 Å². The molecule has 78 heavy (non-hydrogen) atoms. The summed E-state index contributed by atoms with van der Waals surface area (Å²) < 4.78 is 6.19. The van der Waals surface area contributed by atoms with Gasteiger partial charge >= 0.3 is 0 Å². The van der Waals surface area contributed by atoms with Crippen LogP contribution in [-0.2, 0) is 16.6 Å². The van der Waals surface area contributed by atoms with Crippen LogP contribution in [0.2, 0.25) is 0 Å². The molecule has 1 N–H and O–H groups in total. The average Bonchev–Trinajstić information content (AvgIpc) is 3.79. The van der Waals surface area contributed by atoms with E-state index in [0.29, 0.717) is 23.7 Å². The number of anilines is 1. The Labute approximate surface area is 475 Å². The molecule has 4 atom stereocenters. The highest BCUT2D eigenvalue weighted by atomic mass is 16.5. The lowest BCUT2D eigenvalue weighted by Crippen LogP contribution is -2.41. The number of rotatable bonds is 17. The molecule has 1 fully saturated rings. The summed E-state index contributed by atoms with van der Waals surface area (Å²) in [5.41, 5.74) is 18.2. The minimum atomic E-state index is -0.160. The molecule has 410 valence electrons. The zero-order chi connectivity index (χ0) is 57.6. The van der Waals surface area contributed by atoms with E-state index in [0.717, 1.165) is 54.0 Å². The molecule has 0 bridgehead atoms. The summed E-state index contributed by atoms with van der Waals surface area (Å²) in [7, 11) is 0. The third-order valence-electron chi connectivity index (χ3n) is 15.9. The first-order valence-electron chi connectivity index (χ1n) is 28.6. The number of aryl methyl sites for hydroxylation is 1.